The summed E-state index contributed by atoms with van der Waals surface area (Å²) in [5.41, 5.74) is 1.26. The predicted molar refractivity (Wildman–Crippen MR) is 64.3 cm³/mol. The van der Waals surface area contributed by atoms with Crippen molar-refractivity contribution in [2.75, 3.05) is 6.61 Å². The molecule has 0 saturated heterocycles. The molecule has 0 fully saturated rings. The van der Waals surface area contributed by atoms with Crippen molar-refractivity contribution in [2.45, 2.75) is 6.42 Å². The van der Waals surface area contributed by atoms with Crippen LogP contribution in [0.1, 0.15) is 6.42 Å². The Morgan fingerprint density at radius 3 is 2.84 bits per heavy atom. The third-order valence-electron chi connectivity index (χ3n) is 1.94. The summed E-state index contributed by atoms with van der Waals surface area (Å²) in [4.78, 5) is 25.1. The van der Waals surface area contributed by atoms with E-state index in [0.29, 0.717) is 0 Å². The third kappa shape index (κ3) is 4.43. The van der Waals surface area contributed by atoms with Crippen molar-refractivity contribution in [1.82, 2.24) is 5.59 Å². The van der Waals surface area contributed by atoms with E-state index in [-0.39, 0.29) is 23.2 Å². The Bertz CT molecular complexity index is 499. The van der Waals surface area contributed by atoms with Crippen molar-refractivity contribution < 1.29 is 23.7 Å². The summed E-state index contributed by atoms with van der Waals surface area (Å²) in [6, 6.07) is 1.83. The maximum Gasteiger partial charge on any atom is 0.329 e. The van der Waals surface area contributed by atoms with Crippen molar-refractivity contribution in [3.8, 4) is 5.75 Å². The minimum absolute atomic E-state index is 0.0571. The molecule has 104 valence electrons. The largest absolute Gasteiger partial charge is 0.486 e. The van der Waals surface area contributed by atoms with Gasteiger partial charge in [-0.15, -0.1) is 0 Å². The summed E-state index contributed by atoms with van der Waals surface area (Å²) in [6.07, 6.45) is -0.209. The monoisotopic (exact) mass is 337 g/mol. The van der Waals surface area contributed by atoms with Crippen molar-refractivity contribution in [1.29, 1.82) is 0 Å². The lowest BCUT2D eigenvalue weighted by Gasteiger charge is -2.07. The van der Waals surface area contributed by atoms with Crippen LogP contribution in [0.15, 0.2) is 16.6 Å². The minimum Gasteiger partial charge on any atom is -0.486 e. The van der Waals surface area contributed by atoms with Gasteiger partial charge < -0.3 is 9.57 Å². The first kappa shape index (κ1) is 15.3. The molecule has 0 bridgehead atoms. The fraction of sp³-hybridized carbons (Fsp3) is 0.222. The summed E-state index contributed by atoms with van der Waals surface area (Å²) in [5, 5.41) is 10.7. The Balaban J connectivity index is 2.74. The number of halogens is 2. The SMILES string of the molecule is NNOC(=O)CCOc1cc(F)c(Br)cc1[N+](=O)[O-]. The van der Waals surface area contributed by atoms with Crippen molar-refractivity contribution in [3.63, 3.8) is 0 Å². The zero-order valence-electron chi connectivity index (χ0n) is 9.39. The Kier molecular flexibility index (Phi) is 5.60. The lowest BCUT2D eigenvalue weighted by molar-refractivity contribution is -0.386. The Labute approximate surface area is 114 Å². The third-order valence-corrected chi connectivity index (χ3v) is 2.54. The van der Waals surface area contributed by atoms with Crippen LogP contribution in [-0.2, 0) is 9.63 Å². The van der Waals surface area contributed by atoms with Crippen LogP contribution in [0.4, 0.5) is 10.1 Å². The lowest BCUT2D eigenvalue weighted by atomic mass is 10.3. The molecule has 0 aliphatic rings. The average Bonchev–Trinajstić information content (AvgIpc) is 2.33. The molecule has 0 amide bonds. The van der Waals surface area contributed by atoms with Gasteiger partial charge in [-0.1, -0.05) is 5.59 Å². The van der Waals surface area contributed by atoms with E-state index < -0.39 is 22.4 Å². The summed E-state index contributed by atoms with van der Waals surface area (Å²) >= 11 is 2.83. The van der Waals surface area contributed by atoms with Gasteiger partial charge in [0.15, 0.2) is 5.75 Å². The number of nitrogens with two attached hydrogens (primary N) is 1. The molecule has 0 radical (unpaired) electrons. The first-order valence-corrected chi connectivity index (χ1v) is 5.66. The standard InChI is InChI=1S/C9H9BrFN3O5/c10-5-3-7(14(16)17)8(4-6(5)11)18-2-1-9(15)19-13-12/h3-4,13H,1-2,12H2. The Hall–Kier alpha value is -1.78. The Morgan fingerprint density at radius 2 is 2.26 bits per heavy atom. The second kappa shape index (κ2) is 6.97. The molecule has 0 aliphatic heterocycles. The minimum atomic E-state index is -0.723. The zero-order valence-corrected chi connectivity index (χ0v) is 11.0. The van der Waals surface area contributed by atoms with Gasteiger partial charge in [-0.2, -0.15) is 0 Å². The number of carbonyl (C=O) groups excluding carboxylic acids is 1. The molecule has 10 heteroatoms. The summed E-state index contributed by atoms with van der Waals surface area (Å²) in [5.74, 6) is 3.02. The van der Waals surface area contributed by atoms with E-state index in [4.69, 9.17) is 10.6 Å². The Morgan fingerprint density at radius 1 is 1.58 bits per heavy atom. The molecule has 0 aliphatic carbocycles. The fourth-order valence-corrected chi connectivity index (χ4v) is 1.47. The predicted octanol–water partition coefficient (Wildman–Crippen LogP) is 1.19. The van der Waals surface area contributed by atoms with Gasteiger partial charge in [-0.05, 0) is 15.9 Å². The second-order valence-corrected chi connectivity index (χ2v) is 4.04. The van der Waals surface area contributed by atoms with Crippen LogP contribution < -0.4 is 16.2 Å². The van der Waals surface area contributed by atoms with Gasteiger partial charge in [0.1, 0.15) is 5.82 Å². The van der Waals surface area contributed by atoms with E-state index in [9.17, 15) is 19.3 Å². The first-order valence-electron chi connectivity index (χ1n) is 4.87. The van der Waals surface area contributed by atoms with Gasteiger partial charge in [0.2, 0.25) is 0 Å². The van der Waals surface area contributed by atoms with Crippen LogP contribution in [0.3, 0.4) is 0 Å². The molecule has 0 saturated carbocycles. The van der Waals surface area contributed by atoms with Crippen LogP contribution in [0.2, 0.25) is 0 Å². The van der Waals surface area contributed by atoms with E-state index in [1.807, 2.05) is 0 Å². The molecule has 8 nitrogen and oxygen atoms in total. The second-order valence-electron chi connectivity index (χ2n) is 3.18. The molecule has 1 rings (SSSR count). The number of ether oxygens (including phenoxy) is 1. The van der Waals surface area contributed by atoms with Crippen LogP contribution in [-0.4, -0.2) is 17.5 Å². The lowest BCUT2D eigenvalue weighted by Crippen LogP contribution is -2.27. The highest BCUT2D eigenvalue weighted by molar-refractivity contribution is 9.10. The quantitative estimate of drug-likeness (QED) is 0.454. The van der Waals surface area contributed by atoms with E-state index >= 15 is 0 Å². The van der Waals surface area contributed by atoms with Gasteiger partial charge in [-0.3, -0.25) is 14.9 Å². The molecule has 0 spiro atoms. The highest BCUT2D eigenvalue weighted by atomic mass is 79.9. The van der Waals surface area contributed by atoms with Crippen molar-refractivity contribution in [3.05, 3.63) is 32.5 Å². The van der Waals surface area contributed by atoms with Crippen LogP contribution in [0.25, 0.3) is 0 Å². The smallest absolute Gasteiger partial charge is 0.329 e. The molecule has 0 unspecified atom stereocenters. The van der Waals surface area contributed by atoms with Crippen molar-refractivity contribution >= 4 is 27.6 Å². The number of carbonyl (C=O) groups is 1. The zero-order chi connectivity index (χ0) is 14.4. The summed E-state index contributed by atoms with van der Waals surface area (Å²) < 4.78 is 18.2. The van der Waals surface area contributed by atoms with Gasteiger partial charge >= 0.3 is 11.7 Å². The first-order chi connectivity index (χ1) is 8.95. The van der Waals surface area contributed by atoms with E-state index in [0.717, 1.165) is 12.1 Å². The number of hydrogen-bond donors (Lipinski definition) is 2. The average molecular weight is 338 g/mol. The van der Waals surface area contributed by atoms with Crippen LogP contribution >= 0.6 is 15.9 Å². The van der Waals surface area contributed by atoms with E-state index in [1.165, 1.54) is 0 Å². The topological polar surface area (TPSA) is 117 Å². The number of nitro benzene ring substituents is 1. The highest BCUT2D eigenvalue weighted by Crippen LogP contribution is 2.32. The molecule has 1 aromatic carbocycles. The molecule has 1 aromatic rings. The molecule has 0 aromatic heterocycles. The molecule has 3 N–H and O–H groups in total. The number of hydrazine groups is 1. The highest BCUT2D eigenvalue weighted by Gasteiger charge is 2.19. The maximum atomic E-state index is 13.3. The van der Waals surface area contributed by atoms with E-state index in [2.05, 4.69) is 20.8 Å². The van der Waals surface area contributed by atoms with Crippen LogP contribution in [0, 0.1) is 15.9 Å². The molecule has 0 heterocycles. The van der Waals surface area contributed by atoms with Gasteiger partial charge in [-0.25, -0.2) is 10.2 Å². The number of rotatable bonds is 6. The molecule has 0 atom stereocenters. The molecular weight excluding hydrogens is 329 g/mol. The molecular formula is C9H9BrFN3O5. The van der Waals surface area contributed by atoms with Crippen LogP contribution in [0.5, 0.6) is 5.75 Å². The van der Waals surface area contributed by atoms with Gasteiger partial charge in [0, 0.05) is 12.1 Å². The number of hydrogen-bond acceptors (Lipinski definition) is 7. The number of nitro groups is 1. The fourth-order valence-electron chi connectivity index (χ4n) is 1.14. The van der Waals surface area contributed by atoms with Crippen molar-refractivity contribution in [2.24, 2.45) is 5.84 Å². The number of nitrogens with one attached hydrogen (secondary N) is 1. The number of benzene rings is 1. The van der Waals surface area contributed by atoms with Gasteiger partial charge in [0.05, 0.1) is 22.4 Å². The molecule has 19 heavy (non-hydrogen) atoms. The van der Waals surface area contributed by atoms with Gasteiger partial charge in [0.25, 0.3) is 0 Å². The van der Waals surface area contributed by atoms with E-state index in [1.54, 1.807) is 5.59 Å². The summed E-state index contributed by atoms with van der Waals surface area (Å²) in [6.45, 7) is -0.220. The normalized spacial score (nSPS) is 10.1. The summed E-state index contributed by atoms with van der Waals surface area (Å²) in [7, 11) is 0. The maximum absolute atomic E-state index is 13.3. The number of nitrogens with zero attached hydrogens (tertiary/aromatic N) is 1.